The summed E-state index contributed by atoms with van der Waals surface area (Å²) in [6, 6.07) is 4.45. The number of amides is 1. The van der Waals surface area contributed by atoms with Gasteiger partial charge in [0.1, 0.15) is 0 Å². The fourth-order valence-electron chi connectivity index (χ4n) is 1.22. The molecule has 4 N–H and O–H groups in total. The van der Waals surface area contributed by atoms with Crippen molar-refractivity contribution in [2.24, 2.45) is 0 Å². The minimum Gasteiger partial charge on any atom is -0.467 e. The Kier molecular flexibility index (Phi) is 4.94. The number of nitrogens with two attached hydrogens (primary N) is 1. The quantitative estimate of drug-likeness (QED) is 0.536. The Bertz CT molecular complexity index is 464. The standard InChI is InChI=1S/C11H13ClN2O4/c1-18-11(17)9(15)5-14-10(16)7-4-6(13)2-3-8(7)12/h2-4,9,15H,5,13H2,1H3,(H,14,16). The molecule has 0 spiro atoms. The molecule has 1 aromatic rings. The van der Waals surface area contributed by atoms with Gasteiger partial charge in [-0.3, -0.25) is 4.79 Å². The molecule has 0 saturated heterocycles. The molecule has 0 fully saturated rings. The molecular weight excluding hydrogens is 260 g/mol. The Morgan fingerprint density at radius 3 is 2.83 bits per heavy atom. The highest BCUT2D eigenvalue weighted by Gasteiger charge is 2.17. The number of nitrogens with one attached hydrogen (secondary N) is 1. The number of ether oxygens (including phenoxy) is 1. The van der Waals surface area contributed by atoms with E-state index >= 15 is 0 Å². The number of hydrogen-bond donors (Lipinski definition) is 3. The smallest absolute Gasteiger partial charge is 0.336 e. The van der Waals surface area contributed by atoms with Crippen molar-refractivity contribution in [3.05, 3.63) is 28.8 Å². The van der Waals surface area contributed by atoms with E-state index in [2.05, 4.69) is 10.1 Å². The molecule has 0 bridgehead atoms. The van der Waals surface area contributed by atoms with Crippen LogP contribution in [0.15, 0.2) is 18.2 Å². The normalized spacial score (nSPS) is 11.7. The molecule has 1 rings (SSSR count). The number of carbonyl (C=O) groups is 2. The lowest BCUT2D eigenvalue weighted by Gasteiger charge is -2.10. The minimum absolute atomic E-state index is 0.175. The molecule has 1 unspecified atom stereocenters. The number of aliphatic hydroxyl groups is 1. The first-order valence-electron chi connectivity index (χ1n) is 5.04. The average Bonchev–Trinajstić information content (AvgIpc) is 2.37. The lowest BCUT2D eigenvalue weighted by Crippen LogP contribution is -2.37. The van der Waals surface area contributed by atoms with Crippen molar-refractivity contribution in [3.8, 4) is 0 Å². The second-order valence-corrected chi connectivity index (χ2v) is 3.90. The van der Waals surface area contributed by atoms with E-state index in [1.165, 1.54) is 12.1 Å². The number of methoxy groups -OCH3 is 1. The molecule has 0 aliphatic rings. The van der Waals surface area contributed by atoms with Gasteiger partial charge in [0.2, 0.25) is 0 Å². The van der Waals surface area contributed by atoms with Crippen molar-refractivity contribution in [2.75, 3.05) is 19.4 Å². The summed E-state index contributed by atoms with van der Waals surface area (Å²) in [5.74, 6) is -1.36. The molecule has 7 heteroatoms. The number of nitrogen functional groups attached to an aromatic ring is 1. The second kappa shape index (κ2) is 6.23. The molecule has 1 atom stereocenters. The van der Waals surface area contributed by atoms with E-state index in [-0.39, 0.29) is 17.1 Å². The van der Waals surface area contributed by atoms with Gasteiger partial charge in [-0.2, -0.15) is 0 Å². The van der Waals surface area contributed by atoms with E-state index in [9.17, 15) is 14.7 Å². The Balaban J connectivity index is 2.66. The third-order valence-electron chi connectivity index (χ3n) is 2.16. The predicted octanol–water partition coefficient (Wildman–Crippen LogP) is 0.186. The number of esters is 1. The Morgan fingerprint density at radius 1 is 1.56 bits per heavy atom. The average molecular weight is 273 g/mol. The molecule has 0 aliphatic heterocycles. The maximum atomic E-state index is 11.7. The topological polar surface area (TPSA) is 102 Å². The van der Waals surface area contributed by atoms with Gasteiger partial charge in [0, 0.05) is 5.69 Å². The van der Waals surface area contributed by atoms with Gasteiger partial charge in [-0.15, -0.1) is 0 Å². The number of carbonyl (C=O) groups excluding carboxylic acids is 2. The third kappa shape index (κ3) is 3.61. The third-order valence-corrected chi connectivity index (χ3v) is 2.49. The van der Waals surface area contributed by atoms with Crippen molar-refractivity contribution in [2.45, 2.75) is 6.10 Å². The van der Waals surface area contributed by atoms with Crippen LogP contribution in [0.3, 0.4) is 0 Å². The highest BCUT2D eigenvalue weighted by atomic mass is 35.5. The zero-order valence-electron chi connectivity index (χ0n) is 9.64. The molecular formula is C11H13ClN2O4. The number of benzene rings is 1. The Hall–Kier alpha value is -1.79. The van der Waals surface area contributed by atoms with Gasteiger partial charge in [-0.05, 0) is 18.2 Å². The molecule has 0 aliphatic carbocycles. The van der Waals surface area contributed by atoms with E-state index in [1.807, 2.05) is 0 Å². The van der Waals surface area contributed by atoms with E-state index in [1.54, 1.807) is 6.07 Å². The van der Waals surface area contributed by atoms with Crippen LogP contribution in [-0.4, -0.2) is 36.7 Å². The van der Waals surface area contributed by atoms with Crippen LogP contribution in [0.5, 0.6) is 0 Å². The summed E-state index contributed by atoms with van der Waals surface area (Å²) in [6.07, 6.45) is -1.42. The van der Waals surface area contributed by atoms with Crippen molar-refractivity contribution in [1.29, 1.82) is 0 Å². The zero-order chi connectivity index (χ0) is 13.7. The van der Waals surface area contributed by atoms with Crippen LogP contribution < -0.4 is 11.1 Å². The number of aliphatic hydroxyl groups excluding tert-OH is 1. The number of halogens is 1. The highest BCUT2D eigenvalue weighted by Crippen LogP contribution is 2.18. The van der Waals surface area contributed by atoms with Crippen molar-refractivity contribution in [1.82, 2.24) is 5.32 Å². The molecule has 18 heavy (non-hydrogen) atoms. The van der Waals surface area contributed by atoms with E-state index in [4.69, 9.17) is 17.3 Å². The number of anilines is 1. The summed E-state index contributed by atoms with van der Waals surface area (Å²) < 4.78 is 4.31. The molecule has 0 aromatic heterocycles. The maximum Gasteiger partial charge on any atom is 0.336 e. The zero-order valence-corrected chi connectivity index (χ0v) is 10.4. The van der Waals surface area contributed by atoms with Gasteiger partial charge in [-0.1, -0.05) is 11.6 Å². The molecule has 98 valence electrons. The first-order chi connectivity index (χ1) is 8.45. The summed E-state index contributed by atoms with van der Waals surface area (Å²) in [7, 11) is 1.14. The van der Waals surface area contributed by atoms with Crippen LogP contribution in [0.25, 0.3) is 0 Å². The van der Waals surface area contributed by atoms with Gasteiger partial charge >= 0.3 is 5.97 Å². The van der Waals surface area contributed by atoms with Crippen molar-refractivity contribution in [3.63, 3.8) is 0 Å². The van der Waals surface area contributed by atoms with Gasteiger partial charge in [-0.25, -0.2) is 4.79 Å². The van der Waals surface area contributed by atoms with Gasteiger partial charge in [0.25, 0.3) is 5.91 Å². The van der Waals surface area contributed by atoms with Crippen LogP contribution in [0.1, 0.15) is 10.4 Å². The molecule has 1 aromatic carbocycles. The molecule has 0 saturated carbocycles. The minimum atomic E-state index is -1.42. The van der Waals surface area contributed by atoms with Crippen molar-refractivity contribution < 1.29 is 19.4 Å². The summed E-state index contributed by atoms with van der Waals surface area (Å²) in [5.41, 5.74) is 6.09. The maximum absolute atomic E-state index is 11.7. The van der Waals surface area contributed by atoms with Crippen LogP contribution in [0.4, 0.5) is 5.69 Å². The van der Waals surface area contributed by atoms with Crippen LogP contribution >= 0.6 is 11.6 Å². The largest absolute Gasteiger partial charge is 0.467 e. The first-order valence-corrected chi connectivity index (χ1v) is 5.42. The molecule has 6 nitrogen and oxygen atoms in total. The summed E-state index contributed by atoms with van der Waals surface area (Å²) in [4.78, 5) is 22.6. The Labute approximate surface area is 109 Å². The molecule has 1 amide bonds. The van der Waals surface area contributed by atoms with Crippen molar-refractivity contribution >= 4 is 29.2 Å². The molecule has 0 heterocycles. The van der Waals surface area contributed by atoms with Gasteiger partial charge < -0.3 is 20.9 Å². The number of hydrogen-bond acceptors (Lipinski definition) is 5. The van der Waals surface area contributed by atoms with Crippen LogP contribution in [-0.2, 0) is 9.53 Å². The van der Waals surface area contributed by atoms with E-state index in [0.29, 0.717) is 5.69 Å². The second-order valence-electron chi connectivity index (χ2n) is 3.49. The van der Waals surface area contributed by atoms with Gasteiger partial charge in [0.15, 0.2) is 6.10 Å². The Morgan fingerprint density at radius 2 is 2.22 bits per heavy atom. The lowest BCUT2D eigenvalue weighted by atomic mass is 10.2. The molecule has 0 radical (unpaired) electrons. The summed E-state index contributed by atoms with van der Waals surface area (Å²) in [6.45, 7) is -0.267. The summed E-state index contributed by atoms with van der Waals surface area (Å²) >= 11 is 5.83. The highest BCUT2D eigenvalue weighted by molar-refractivity contribution is 6.34. The lowest BCUT2D eigenvalue weighted by molar-refractivity contribution is -0.149. The SMILES string of the molecule is COC(=O)C(O)CNC(=O)c1cc(N)ccc1Cl. The van der Waals surface area contributed by atoms with E-state index in [0.717, 1.165) is 7.11 Å². The van der Waals surface area contributed by atoms with Gasteiger partial charge in [0.05, 0.1) is 24.2 Å². The fraction of sp³-hybridized carbons (Fsp3) is 0.273. The summed E-state index contributed by atoms with van der Waals surface area (Å²) in [5, 5.41) is 11.9. The monoisotopic (exact) mass is 272 g/mol. The fourth-order valence-corrected chi connectivity index (χ4v) is 1.42. The number of rotatable bonds is 4. The van der Waals surface area contributed by atoms with E-state index < -0.39 is 18.0 Å². The van der Waals surface area contributed by atoms with Crippen LogP contribution in [0, 0.1) is 0 Å². The first kappa shape index (κ1) is 14.3. The predicted molar refractivity (Wildman–Crippen MR) is 66.2 cm³/mol. The van der Waals surface area contributed by atoms with Crippen LogP contribution in [0.2, 0.25) is 5.02 Å².